The predicted molar refractivity (Wildman–Crippen MR) is 83.2 cm³/mol. The van der Waals surface area contributed by atoms with Crippen molar-refractivity contribution >= 4 is 0 Å². The van der Waals surface area contributed by atoms with Gasteiger partial charge in [-0.25, -0.2) is 4.98 Å². The molecule has 1 aliphatic rings. The highest BCUT2D eigenvalue weighted by Crippen LogP contribution is 2.44. The van der Waals surface area contributed by atoms with Crippen LogP contribution in [0, 0.1) is 0 Å². The van der Waals surface area contributed by atoms with Gasteiger partial charge in [-0.2, -0.15) is 0 Å². The Morgan fingerprint density at radius 2 is 1.95 bits per heavy atom. The fraction of sp³-hybridized carbons (Fsp3) is 0.471. The minimum Gasteiger partial charge on any atom is -0.381 e. The number of likely N-dealkylation sites (N-methyl/N-ethyl adjacent to an activating group) is 1. The topological polar surface area (TPSA) is 39.1 Å². The summed E-state index contributed by atoms with van der Waals surface area (Å²) in [5.74, 6) is 1.09. The van der Waals surface area contributed by atoms with Crippen LogP contribution in [0.4, 0.5) is 0 Å². The highest BCUT2D eigenvalue weighted by Gasteiger charge is 2.43. The van der Waals surface area contributed by atoms with Gasteiger partial charge in [0.05, 0.1) is 6.04 Å². The first-order chi connectivity index (χ1) is 10.3. The fourth-order valence-corrected chi connectivity index (χ4v) is 3.56. The SMILES string of the molecule is CNC(c1nccn1C)C1(c2ccccc2)CCOCC1. The molecule has 1 N–H and O–H groups in total. The van der Waals surface area contributed by atoms with Crippen LogP contribution in [0.25, 0.3) is 0 Å². The molecule has 0 saturated carbocycles. The summed E-state index contributed by atoms with van der Waals surface area (Å²) < 4.78 is 7.75. The molecule has 4 heteroatoms. The van der Waals surface area contributed by atoms with Gasteiger partial charge in [0.25, 0.3) is 0 Å². The van der Waals surface area contributed by atoms with E-state index in [1.165, 1.54) is 5.56 Å². The van der Waals surface area contributed by atoms with Crippen molar-refractivity contribution < 1.29 is 4.74 Å². The second-order valence-electron chi connectivity index (χ2n) is 5.75. The molecule has 4 nitrogen and oxygen atoms in total. The van der Waals surface area contributed by atoms with E-state index in [4.69, 9.17) is 4.74 Å². The number of aromatic nitrogens is 2. The van der Waals surface area contributed by atoms with E-state index >= 15 is 0 Å². The molecule has 0 amide bonds. The molecule has 112 valence electrons. The Hall–Kier alpha value is -1.65. The monoisotopic (exact) mass is 285 g/mol. The fourth-order valence-electron chi connectivity index (χ4n) is 3.56. The van der Waals surface area contributed by atoms with E-state index < -0.39 is 0 Å². The zero-order valence-electron chi connectivity index (χ0n) is 12.7. The maximum Gasteiger partial charge on any atom is 0.126 e. The van der Waals surface area contributed by atoms with Crippen LogP contribution in [0.5, 0.6) is 0 Å². The summed E-state index contributed by atoms with van der Waals surface area (Å²) in [6, 6.07) is 11.0. The molecule has 1 aliphatic heterocycles. The van der Waals surface area contributed by atoms with Gasteiger partial charge in [0.2, 0.25) is 0 Å². The van der Waals surface area contributed by atoms with Crippen molar-refractivity contribution in [3.8, 4) is 0 Å². The minimum absolute atomic E-state index is 0.0351. The first-order valence-electron chi connectivity index (χ1n) is 7.56. The van der Waals surface area contributed by atoms with Crippen molar-refractivity contribution in [3.63, 3.8) is 0 Å². The molecule has 1 saturated heterocycles. The summed E-state index contributed by atoms with van der Waals surface area (Å²) in [5, 5.41) is 3.52. The third kappa shape index (κ3) is 2.49. The largest absolute Gasteiger partial charge is 0.381 e. The molecule has 21 heavy (non-hydrogen) atoms. The van der Waals surface area contributed by atoms with Crippen molar-refractivity contribution in [2.24, 2.45) is 7.05 Å². The van der Waals surface area contributed by atoms with E-state index in [1.54, 1.807) is 0 Å². The minimum atomic E-state index is 0.0351. The van der Waals surface area contributed by atoms with Gasteiger partial charge in [0.15, 0.2) is 0 Å². The average molecular weight is 285 g/mol. The van der Waals surface area contributed by atoms with Crippen LogP contribution in [0.3, 0.4) is 0 Å². The van der Waals surface area contributed by atoms with E-state index in [0.717, 1.165) is 31.9 Å². The summed E-state index contributed by atoms with van der Waals surface area (Å²) in [6.45, 7) is 1.61. The van der Waals surface area contributed by atoms with Crippen molar-refractivity contribution in [1.82, 2.24) is 14.9 Å². The Bertz CT molecular complexity index is 573. The van der Waals surface area contributed by atoms with Crippen LogP contribution in [0.1, 0.15) is 30.3 Å². The Kier molecular flexibility index (Phi) is 4.08. The smallest absolute Gasteiger partial charge is 0.126 e. The molecule has 1 aromatic carbocycles. The lowest BCUT2D eigenvalue weighted by Crippen LogP contribution is -2.45. The van der Waals surface area contributed by atoms with Crippen LogP contribution in [0.15, 0.2) is 42.7 Å². The average Bonchev–Trinajstić information content (AvgIpc) is 2.96. The van der Waals surface area contributed by atoms with Crippen molar-refractivity contribution in [3.05, 3.63) is 54.1 Å². The number of hydrogen-bond acceptors (Lipinski definition) is 3. The quantitative estimate of drug-likeness (QED) is 0.938. The third-order valence-electron chi connectivity index (χ3n) is 4.69. The van der Waals surface area contributed by atoms with Gasteiger partial charge in [0, 0.05) is 38.1 Å². The molecule has 1 fully saturated rings. The predicted octanol–water partition coefficient (Wildman–Crippen LogP) is 2.43. The number of benzene rings is 1. The molecule has 1 aromatic heterocycles. The van der Waals surface area contributed by atoms with Crippen LogP contribution in [-0.2, 0) is 17.2 Å². The number of nitrogens with zero attached hydrogens (tertiary/aromatic N) is 2. The molecule has 1 unspecified atom stereocenters. The van der Waals surface area contributed by atoms with Gasteiger partial charge >= 0.3 is 0 Å². The zero-order chi connectivity index (χ0) is 14.7. The molecule has 2 heterocycles. The molecule has 0 radical (unpaired) electrons. The molecule has 0 spiro atoms. The summed E-state index contributed by atoms with van der Waals surface area (Å²) in [4.78, 5) is 4.59. The van der Waals surface area contributed by atoms with Crippen LogP contribution in [0.2, 0.25) is 0 Å². The lowest BCUT2D eigenvalue weighted by atomic mass is 9.68. The van der Waals surface area contributed by atoms with E-state index in [1.807, 2.05) is 19.4 Å². The van der Waals surface area contributed by atoms with E-state index in [-0.39, 0.29) is 11.5 Å². The van der Waals surface area contributed by atoms with E-state index in [2.05, 4.69) is 52.2 Å². The standard InChI is InChI=1S/C17H23N3O/c1-18-15(16-19-10-11-20(16)2)17(8-12-21-13-9-17)14-6-4-3-5-7-14/h3-7,10-11,15,18H,8-9,12-13H2,1-2H3. The first kappa shape index (κ1) is 14.3. The van der Waals surface area contributed by atoms with Gasteiger partial charge in [0.1, 0.15) is 5.82 Å². The van der Waals surface area contributed by atoms with Crippen molar-refractivity contribution in [2.45, 2.75) is 24.3 Å². The van der Waals surface area contributed by atoms with Crippen molar-refractivity contribution in [1.29, 1.82) is 0 Å². The number of nitrogens with one attached hydrogen (secondary N) is 1. The van der Waals surface area contributed by atoms with Gasteiger partial charge in [-0.15, -0.1) is 0 Å². The van der Waals surface area contributed by atoms with E-state index in [9.17, 15) is 0 Å². The Labute approximate surface area is 126 Å². The number of hydrogen-bond donors (Lipinski definition) is 1. The van der Waals surface area contributed by atoms with Gasteiger partial charge in [-0.3, -0.25) is 0 Å². The highest BCUT2D eigenvalue weighted by molar-refractivity contribution is 5.30. The van der Waals surface area contributed by atoms with Crippen LogP contribution >= 0.6 is 0 Å². The molecule has 0 aliphatic carbocycles. The first-order valence-corrected chi connectivity index (χ1v) is 7.56. The third-order valence-corrected chi connectivity index (χ3v) is 4.69. The summed E-state index contributed by atoms with van der Waals surface area (Å²) in [6.07, 6.45) is 5.90. The summed E-state index contributed by atoms with van der Waals surface area (Å²) in [5.41, 5.74) is 1.41. The molecular formula is C17H23N3O. The number of ether oxygens (including phenoxy) is 1. The number of imidazole rings is 1. The van der Waals surface area contributed by atoms with Crippen LogP contribution in [-0.4, -0.2) is 29.8 Å². The summed E-state index contributed by atoms with van der Waals surface area (Å²) in [7, 11) is 4.09. The normalized spacial score (nSPS) is 19.3. The lowest BCUT2D eigenvalue weighted by Gasteiger charge is -2.43. The molecule has 3 rings (SSSR count). The highest BCUT2D eigenvalue weighted by atomic mass is 16.5. The molecule has 1 atom stereocenters. The van der Waals surface area contributed by atoms with Crippen LogP contribution < -0.4 is 5.32 Å². The van der Waals surface area contributed by atoms with E-state index in [0.29, 0.717) is 0 Å². The molecule has 0 bridgehead atoms. The number of aryl methyl sites for hydroxylation is 1. The molecule has 2 aromatic rings. The molecular weight excluding hydrogens is 262 g/mol. The second-order valence-corrected chi connectivity index (χ2v) is 5.75. The lowest BCUT2D eigenvalue weighted by molar-refractivity contribution is 0.0335. The Balaban J connectivity index is 2.08. The number of rotatable bonds is 4. The summed E-state index contributed by atoms with van der Waals surface area (Å²) >= 11 is 0. The second kappa shape index (κ2) is 6.00. The maximum atomic E-state index is 5.63. The van der Waals surface area contributed by atoms with Crippen molar-refractivity contribution in [2.75, 3.05) is 20.3 Å². The van der Waals surface area contributed by atoms with Gasteiger partial charge in [-0.1, -0.05) is 30.3 Å². The van der Waals surface area contributed by atoms with Gasteiger partial charge < -0.3 is 14.6 Å². The Morgan fingerprint density at radius 3 is 2.52 bits per heavy atom. The Morgan fingerprint density at radius 1 is 1.24 bits per heavy atom. The van der Waals surface area contributed by atoms with Gasteiger partial charge in [-0.05, 0) is 25.5 Å². The maximum absolute atomic E-state index is 5.63. The zero-order valence-corrected chi connectivity index (χ0v) is 12.7.